The highest BCUT2D eigenvalue weighted by molar-refractivity contribution is 7.99. The van der Waals surface area contributed by atoms with E-state index in [1.807, 2.05) is 6.92 Å². The Bertz CT molecular complexity index is 323. The first-order valence-corrected chi connectivity index (χ1v) is 5.65. The van der Waals surface area contributed by atoms with Gasteiger partial charge in [-0.3, -0.25) is 5.41 Å². The fourth-order valence-corrected chi connectivity index (χ4v) is 1.91. The van der Waals surface area contributed by atoms with Crippen LogP contribution < -0.4 is 5.73 Å². The largest absolute Gasteiger partial charge is 0.387 e. The van der Waals surface area contributed by atoms with Crippen molar-refractivity contribution in [2.24, 2.45) is 5.73 Å². The lowest BCUT2D eigenvalue weighted by Crippen LogP contribution is -2.21. The van der Waals surface area contributed by atoms with E-state index in [9.17, 15) is 0 Å². The second-order valence-corrected chi connectivity index (χ2v) is 4.73. The molecule has 2 nitrogen and oxygen atoms in total. The number of thioether (sulfide) groups is 1. The van der Waals surface area contributed by atoms with Gasteiger partial charge in [-0.25, -0.2) is 0 Å². The molecule has 0 amide bonds. The van der Waals surface area contributed by atoms with Gasteiger partial charge in [-0.15, -0.1) is 11.8 Å². The van der Waals surface area contributed by atoms with Gasteiger partial charge < -0.3 is 5.73 Å². The van der Waals surface area contributed by atoms with Crippen LogP contribution in [0.15, 0.2) is 24.3 Å². The number of hydrogen-bond acceptors (Lipinski definition) is 2. The summed E-state index contributed by atoms with van der Waals surface area (Å²) < 4.78 is 0. The number of benzene rings is 1. The molecule has 3 N–H and O–H groups in total. The summed E-state index contributed by atoms with van der Waals surface area (Å²) in [6, 6.07) is 8.42. The molecule has 1 aromatic rings. The lowest BCUT2D eigenvalue weighted by Gasteiger charge is -2.09. The molecular formula is C11H16N2S. The molecule has 1 unspecified atom stereocenters. The molecule has 14 heavy (non-hydrogen) atoms. The normalized spacial score (nSPS) is 12.4. The smallest absolute Gasteiger partial charge is 0.104 e. The number of rotatable bonds is 4. The summed E-state index contributed by atoms with van der Waals surface area (Å²) in [5.74, 6) is 1.17. The van der Waals surface area contributed by atoms with Gasteiger partial charge in [0.15, 0.2) is 0 Å². The fraction of sp³-hybridized carbons (Fsp3) is 0.364. The van der Waals surface area contributed by atoms with Crippen LogP contribution in [0.25, 0.3) is 0 Å². The summed E-state index contributed by atoms with van der Waals surface area (Å²) in [7, 11) is 0. The molecule has 0 radical (unpaired) electrons. The Balaban J connectivity index is 2.49. The highest BCUT2D eigenvalue weighted by Gasteiger charge is 2.05. The van der Waals surface area contributed by atoms with Crippen LogP contribution in [-0.4, -0.2) is 11.1 Å². The molecule has 0 spiro atoms. The zero-order valence-corrected chi connectivity index (χ0v) is 9.40. The van der Waals surface area contributed by atoms with E-state index in [2.05, 4.69) is 31.2 Å². The number of aryl methyl sites for hydroxylation is 1. The van der Waals surface area contributed by atoms with Crippen molar-refractivity contribution in [2.75, 3.05) is 0 Å². The van der Waals surface area contributed by atoms with Gasteiger partial charge in [0.2, 0.25) is 0 Å². The molecule has 0 aromatic heterocycles. The first-order chi connectivity index (χ1) is 6.59. The maximum Gasteiger partial charge on any atom is 0.104 e. The summed E-state index contributed by atoms with van der Waals surface area (Å²) >= 11 is 1.70. The van der Waals surface area contributed by atoms with Crippen LogP contribution in [0.1, 0.15) is 18.1 Å². The molecule has 0 saturated carbocycles. The van der Waals surface area contributed by atoms with Crippen LogP contribution in [0.5, 0.6) is 0 Å². The monoisotopic (exact) mass is 208 g/mol. The van der Waals surface area contributed by atoms with Gasteiger partial charge in [0, 0.05) is 5.75 Å². The van der Waals surface area contributed by atoms with Crippen molar-refractivity contribution in [1.82, 2.24) is 0 Å². The second-order valence-electron chi connectivity index (χ2n) is 3.40. The molecule has 0 aliphatic heterocycles. The average Bonchev–Trinajstić information content (AvgIpc) is 2.14. The molecule has 1 rings (SSSR count). The first kappa shape index (κ1) is 11.1. The molecule has 3 heteroatoms. The van der Waals surface area contributed by atoms with Gasteiger partial charge >= 0.3 is 0 Å². The van der Waals surface area contributed by atoms with E-state index in [0.717, 1.165) is 5.75 Å². The predicted octanol–water partition coefficient (Wildman–Crippen LogP) is 2.55. The molecule has 0 saturated heterocycles. The Kier molecular flexibility index (Phi) is 4.01. The SMILES string of the molecule is Cc1cccc(CSC(C)C(=N)N)c1. The van der Waals surface area contributed by atoms with Crippen molar-refractivity contribution in [1.29, 1.82) is 5.41 Å². The quantitative estimate of drug-likeness (QED) is 0.590. The number of nitrogens with two attached hydrogens (primary N) is 1. The summed E-state index contributed by atoms with van der Waals surface area (Å²) in [5.41, 5.74) is 7.96. The Hall–Kier alpha value is -0.960. The van der Waals surface area contributed by atoms with Crippen molar-refractivity contribution in [3.05, 3.63) is 35.4 Å². The molecule has 1 aromatic carbocycles. The molecule has 0 aliphatic carbocycles. The summed E-state index contributed by atoms with van der Waals surface area (Å²) in [6.45, 7) is 4.05. The first-order valence-electron chi connectivity index (χ1n) is 4.60. The Morgan fingerprint density at radius 3 is 2.86 bits per heavy atom. The molecule has 0 heterocycles. The zero-order valence-electron chi connectivity index (χ0n) is 8.58. The van der Waals surface area contributed by atoms with Crippen LogP contribution in [-0.2, 0) is 5.75 Å². The summed E-state index contributed by atoms with van der Waals surface area (Å²) in [4.78, 5) is 0. The highest BCUT2D eigenvalue weighted by atomic mass is 32.2. The van der Waals surface area contributed by atoms with E-state index < -0.39 is 0 Å². The number of nitrogens with one attached hydrogen (secondary N) is 1. The lowest BCUT2D eigenvalue weighted by molar-refractivity contribution is 1.22. The molecule has 0 bridgehead atoms. The Morgan fingerprint density at radius 2 is 2.29 bits per heavy atom. The van der Waals surface area contributed by atoms with Crippen molar-refractivity contribution < 1.29 is 0 Å². The third kappa shape index (κ3) is 3.42. The topological polar surface area (TPSA) is 49.9 Å². The maximum absolute atomic E-state index is 7.27. The van der Waals surface area contributed by atoms with Crippen LogP contribution in [0.3, 0.4) is 0 Å². The summed E-state index contributed by atoms with van der Waals surface area (Å²) in [5, 5.41) is 7.37. The predicted molar refractivity (Wildman–Crippen MR) is 63.9 cm³/mol. The summed E-state index contributed by atoms with van der Waals surface area (Å²) in [6.07, 6.45) is 0. The van der Waals surface area contributed by atoms with Gasteiger partial charge in [0.1, 0.15) is 5.84 Å². The average molecular weight is 208 g/mol. The van der Waals surface area contributed by atoms with E-state index in [4.69, 9.17) is 11.1 Å². The van der Waals surface area contributed by atoms with Crippen molar-refractivity contribution >= 4 is 17.6 Å². The number of hydrogen-bond donors (Lipinski definition) is 2. The minimum absolute atomic E-state index is 0.107. The van der Waals surface area contributed by atoms with Crippen LogP contribution in [0, 0.1) is 12.3 Å². The minimum atomic E-state index is 0.107. The zero-order chi connectivity index (χ0) is 10.6. The van der Waals surface area contributed by atoms with Crippen molar-refractivity contribution in [3.63, 3.8) is 0 Å². The van der Waals surface area contributed by atoms with E-state index in [1.165, 1.54) is 11.1 Å². The third-order valence-corrected chi connectivity index (χ3v) is 3.27. The highest BCUT2D eigenvalue weighted by Crippen LogP contribution is 2.17. The van der Waals surface area contributed by atoms with Gasteiger partial charge in [0.25, 0.3) is 0 Å². The van der Waals surface area contributed by atoms with Crippen molar-refractivity contribution in [2.45, 2.75) is 24.9 Å². The third-order valence-electron chi connectivity index (χ3n) is 2.02. The van der Waals surface area contributed by atoms with Gasteiger partial charge in [-0.05, 0) is 19.4 Å². The van der Waals surface area contributed by atoms with E-state index >= 15 is 0 Å². The van der Waals surface area contributed by atoms with E-state index in [1.54, 1.807) is 11.8 Å². The van der Waals surface area contributed by atoms with Crippen molar-refractivity contribution in [3.8, 4) is 0 Å². The van der Waals surface area contributed by atoms with E-state index in [-0.39, 0.29) is 11.1 Å². The van der Waals surface area contributed by atoms with E-state index in [0.29, 0.717) is 0 Å². The second kappa shape index (κ2) is 5.05. The fourth-order valence-electron chi connectivity index (χ4n) is 1.11. The maximum atomic E-state index is 7.27. The molecule has 0 fully saturated rings. The standard InChI is InChI=1S/C11H16N2S/c1-8-4-3-5-10(6-8)7-14-9(2)11(12)13/h3-6,9H,7H2,1-2H3,(H3,12,13). The molecule has 0 aliphatic rings. The number of amidine groups is 1. The van der Waals surface area contributed by atoms with Crippen LogP contribution in [0.4, 0.5) is 0 Å². The minimum Gasteiger partial charge on any atom is -0.387 e. The van der Waals surface area contributed by atoms with Gasteiger partial charge in [-0.2, -0.15) is 0 Å². The lowest BCUT2D eigenvalue weighted by atomic mass is 10.2. The van der Waals surface area contributed by atoms with Crippen LogP contribution in [0.2, 0.25) is 0 Å². The van der Waals surface area contributed by atoms with Crippen LogP contribution >= 0.6 is 11.8 Å². The Morgan fingerprint density at radius 1 is 1.57 bits per heavy atom. The van der Waals surface area contributed by atoms with Gasteiger partial charge in [-0.1, -0.05) is 29.8 Å². The molecule has 1 atom stereocenters. The molecule has 76 valence electrons. The Labute approximate surface area is 89.4 Å². The van der Waals surface area contributed by atoms with Gasteiger partial charge in [0.05, 0.1) is 5.25 Å². The molecular weight excluding hydrogens is 192 g/mol.